The topological polar surface area (TPSA) is 89.4 Å². The van der Waals surface area contributed by atoms with Crippen molar-refractivity contribution in [3.63, 3.8) is 0 Å². The van der Waals surface area contributed by atoms with Gasteiger partial charge in [-0.3, -0.25) is 10.1 Å². The molecular formula is C11H16N2O3. The van der Waals surface area contributed by atoms with Crippen LogP contribution in [0.4, 0.5) is 5.69 Å². The van der Waals surface area contributed by atoms with E-state index < -0.39 is 4.92 Å². The van der Waals surface area contributed by atoms with Gasteiger partial charge in [-0.25, -0.2) is 0 Å². The quantitative estimate of drug-likeness (QED) is 0.604. The maximum Gasteiger partial charge on any atom is 0.310 e. The van der Waals surface area contributed by atoms with Crippen LogP contribution in [0.5, 0.6) is 5.75 Å². The molecule has 0 radical (unpaired) electrons. The monoisotopic (exact) mass is 224 g/mol. The van der Waals surface area contributed by atoms with Crippen LogP contribution in [-0.2, 0) is 5.41 Å². The van der Waals surface area contributed by atoms with Crippen LogP contribution >= 0.6 is 0 Å². The zero-order chi connectivity index (χ0) is 12.3. The Hall–Kier alpha value is -1.62. The Morgan fingerprint density at radius 3 is 2.62 bits per heavy atom. The van der Waals surface area contributed by atoms with Crippen LogP contribution in [-0.4, -0.2) is 16.6 Å². The van der Waals surface area contributed by atoms with Crippen molar-refractivity contribution in [3.8, 4) is 5.75 Å². The fraction of sp³-hybridized carbons (Fsp3) is 0.455. The maximum atomic E-state index is 10.7. The Labute approximate surface area is 94.0 Å². The number of rotatable bonds is 4. The number of nitrogens with two attached hydrogens (primary N) is 1. The lowest BCUT2D eigenvalue weighted by molar-refractivity contribution is -0.386. The first-order valence-corrected chi connectivity index (χ1v) is 5.06. The molecule has 0 saturated heterocycles. The standard InChI is InChI=1S/C11H16N2O3/c1-11(2,5-6-12)8-3-4-10(14)9(7-8)13(15)16/h3-4,7,14H,5-6,12H2,1-2H3. The van der Waals surface area contributed by atoms with Gasteiger partial charge in [-0.05, 0) is 30.0 Å². The average Bonchev–Trinajstić information content (AvgIpc) is 2.17. The van der Waals surface area contributed by atoms with Crippen molar-refractivity contribution >= 4 is 5.69 Å². The third-order valence-corrected chi connectivity index (χ3v) is 2.72. The summed E-state index contributed by atoms with van der Waals surface area (Å²) in [5.41, 5.74) is 5.81. The normalized spacial score (nSPS) is 11.4. The second kappa shape index (κ2) is 4.49. The van der Waals surface area contributed by atoms with Gasteiger partial charge in [0.25, 0.3) is 0 Å². The molecule has 0 aliphatic carbocycles. The van der Waals surface area contributed by atoms with E-state index in [1.54, 1.807) is 6.07 Å². The number of hydrogen-bond acceptors (Lipinski definition) is 4. The molecule has 88 valence electrons. The van der Waals surface area contributed by atoms with Gasteiger partial charge in [0.15, 0.2) is 5.75 Å². The van der Waals surface area contributed by atoms with E-state index in [1.165, 1.54) is 12.1 Å². The molecular weight excluding hydrogens is 208 g/mol. The zero-order valence-corrected chi connectivity index (χ0v) is 9.43. The smallest absolute Gasteiger partial charge is 0.310 e. The zero-order valence-electron chi connectivity index (χ0n) is 9.43. The van der Waals surface area contributed by atoms with Crippen LogP contribution in [0.3, 0.4) is 0 Å². The van der Waals surface area contributed by atoms with E-state index in [4.69, 9.17) is 5.73 Å². The van der Waals surface area contributed by atoms with Crippen LogP contribution in [0.25, 0.3) is 0 Å². The summed E-state index contributed by atoms with van der Waals surface area (Å²) < 4.78 is 0. The van der Waals surface area contributed by atoms with Gasteiger partial charge in [-0.1, -0.05) is 19.9 Å². The highest BCUT2D eigenvalue weighted by atomic mass is 16.6. The molecule has 0 fully saturated rings. The second-order valence-corrected chi connectivity index (χ2v) is 4.38. The Kier molecular flexibility index (Phi) is 3.49. The van der Waals surface area contributed by atoms with Crippen LogP contribution < -0.4 is 5.73 Å². The number of phenolic OH excluding ortho intramolecular Hbond substituents is 1. The highest BCUT2D eigenvalue weighted by Crippen LogP contribution is 2.33. The van der Waals surface area contributed by atoms with E-state index in [-0.39, 0.29) is 16.9 Å². The van der Waals surface area contributed by atoms with Gasteiger partial charge in [0.1, 0.15) is 0 Å². The molecule has 5 heteroatoms. The highest BCUT2D eigenvalue weighted by Gasteiger charge is 2.23. The van der Waals surface area contributed by atoms with Gasteiger partial charge in [0, 0.05) is 6.07 Å². The second-order valence-electron chi connectivity index (χ2n) is 4.38. The van der Waals surface area contributed by atoms with Crippen LogP contribution in [0.2, 0.25) is 0 Å². The Bertz CT molecular complexity index is 402. The van der Waals surface area contributed by atoms with Gasteiger partial charge in [-0.15, -0.1) is 0 Å². The Morgan fingerprint density at radius 1 is 1.50 bits per heavy atom. The van der Waals surface area contributed by atoms with Crippen molar-refractivity contribution in [3.05, 3.63) is 33.9 Å². The van der Waals surface area contributed by atoms with Crippen molar-refractivity contribution in [1.82, 2.24) is 0 Å². The molecule has 0 heterocycles. The van der Waals surface area contributed by atoms with E-state index in [0.717, 1.165) is 12.0 Å². The summed E-state index contributed by atoms with van der Waals surface area (Å²) in [5, 5.41) is 20.0. The van der Waals surface area contributed by atoms with Crippen LogP contribution in [0, 0.1) is 10.1 Å². The molecule has 5 nitrogen and oxygen atoms in total. The lowest BCUT2D eigenvalue weighted by Gasteiger charge is -2.24. The molecule has 0 aliphatic rings. The van der Waals surface area contributed by atoms with Crippen molar-refractivity contribution in [2.24, 2.45) is 5.73 Å². The molecule has 0 aromatic heterocycles. The maximum absolute atomic E-state index is 10.7. The Morgan fingerprint density at radius 2 is 2.12 bits per heavy atom. The third-order valence-electron chi connectivity index (χ3n) is 2.72. The summed E-state index contributed by atoms with van der Waals surface area (Å²) in [6.07, 6.45) is 0.731. The minimum atomic E-state index is -0.586. The SMILES string of the molecule is CC(C)(CCN)c1ccc(O)c([N+](=O)[O-])c1. The van der Waals surface area contributed by atoms with Gasteiger partial charge in [-0.2, -0.15) is 0 Å². The van der Waals surface area contributed by atoms with Gasteiger partial charge in [0.2, 0.25) is 0 Å². The molecule has 1 aromatic carbocycles. The number of phenols is 1. The summed E-state index contributed by atoms with van der Waals surface area (Å²) in [5.74, 6) is -0.308. The highest BCUT2D eigenvalue weighted by molar-refractivity contribution is 5.49. The number of nitrogens with zero attached hydrogens (tertiary/aromatic N) is 1. The summed E-state index contributed by atoms with van der Waals surface area (Å²) in [6, 6.07) is 4.45. The minimum Gasteiger partial charge on any atom is -0.502 e. The molecule has 0 atom stereocenters. The fourth-order valence-electron chi connectivity index (χ4n) is 1.60. The van der Waals surface area contributed by atoms with Crippen molar-refractivity contribution in [2.45, 2.75) is 25.7 Å². The number of aromatic hydroxyl groups is 1. The number of nitro groups is 1. The third kappa shape index (κ3) is 2.49. The number of benzene rings is 1. The summed E-state index contributed by atoms with van der Waals surface area (Å²) in [6.45, 7) is 4.45. The molecule has 1 rings (SSSR count). The van der Waals surface area contributed by atoms with E-state index >= 15 is 0 Å². The molecule has 3 N–H and O–H groups in total. The summed E-state index contributed by atoms with van der Waals surface area (Å²) in [4.78, 5) is 10.1. The van der Waals surface area contributed by atoms with Crippen LogP contribution in [0.15, 0.2) is 18.2 Å². The lowest BCUT2D eigenvalue weighted by atomic mass is 9.81. The summed E-state index contributed by atoms with van der Waals surface area (Å²) >= 11 is 0. The van der Waals surface area contributed by atoms with Crippen molar-refractivity contribution in [1.29, 1.82) is 0 Å². The van der Waals surface area contributed by atoms with Gasteiger partial charge < -0.3 is 10.8 Å². The fourth-order valence-corrected chi connectivity index (χ4v) is 1.60. The van der Waals surface area contributed by atoms with Crippen molar-refractivity contribution in [2.75, 3.05) is 6.54 Å². The van der Waals surface area contributed by atoms with E-state index in [1.807, 2.05) is 13.8 Å². The number of nitro benzene ring substituents is 1. The molecule has 0 unspecified atom stereocenters. The molecule has 0 aliphatic heterocycles. The number of hydrogen-bond donors (Lipinski definition) is 2. The molecule has 1 aromatic rings. The van der Waals surface area contributed by atoms with E-state index in [2.05, 4.69) is 0 Å². The first-order chi connectivity index (χ1) is 7.38. The predicted molar refractivity (Wildman–Crippen MR) is 61.5 cm³/mol. The Balaban J connectivity index is 3.17. The average molecular weight is 224 g/mol. The van der Waals surface area contributed by atoms with Gasteiger partial charge in [0.05, 0.1) is 4.92 Å². The van der Waals surface area contributed by atoms with Gasteiger partial charge >= 0.3 is 5.69 Å². The van der Waals surface area contributed by atoms with E-state index in [0.29, 0.717) is 6.54 Å². The first kappa shape index (κ1) is 12.4. The van der Waals surface area contributed by atoms with Crippen LogP contribution in [0.1, 0.15) is 25.8 Å². The van der Waals surface area contributed by atoms with Crippen molar-refractivity contribution < 1.29 is 10.0 Å². The largest absolute Gasteiger partial charge is 0.502 e. The molecule has 0 saturated carbocycles. The minimum absolute atomic E-state index is 0.229. The molecule has 0 spiro atoms. The molecule has 0 amide bonds. The predicted octanol–water partition coefficient (Wildman–Crippen LogP) is 1.93. The first-order valence-electron chi connectivity index (χ1n) is 5.06. The lowest BCUT2D eigenvalue weighted by Crippen LogP contribution is -2.21. The van der Waals surface area contributed by atoms with E-state index in [9.17, 15) is 15.2 Å². The molecule has 16 heavy (non-hydrogen) atoms. The molecule has 0 bridgehead atoms. The summed E-state index contributed by atoms with van der Waals surface area (Å²) in [7, 11) is 0.